The predicted octanol–water partition coefficient (Wildman–Crippen LogP) is 6.55. The van der Waals surface area contributed by atoms with E-state index in [1.54, 1.807) is 6.92 Å². The summed E-state index contributed by atoms with van der Waals surface area (Å²) in [6.45, 7) is 7.80. The molecule has 0 fully saturated rings. The van der Waals surface area contributed by atoms with Gasteiger partial charge < -0.3 is 14.8 Å². The Bertz CT molecular complexity index is 1100. The number of carbonyl (C=O) groups excluding carboxylic acids is 2. The lowest BCUT2D eigenvalue weighted by Crippen LogP contribution is -2.21. The molecular weight excluding hydrogens is 490 g/mol. The highest BCUT2D eigenvalue weighted by Crippen LogP contribution is 2.36. The maximum atomic E-state index is 12.7. The first kappa shape index (κ1) is 24.0. The molecule has 0 saturated carbocycles. The van der Waals surface area contributed by atoms with E-state index in [2.05, 4.69) is 28.2 Å². The summed E-state index contributed by atoms with van der Waals surface area (Å²) in [7, 11) is 0. The van der Waals surface area contributed by atoms with Crippen molar-refractivity contribution in [2.75, 3.05) is 18.5 Å². The van der Waals surface area contributed by atoms with E-state index in [-0.39, 0.29) is 19.1 Å². The Labute approximate surface area is 200 Å². The van der Waals surface area contributed by atoms with Gasteiger partial charge in [-0.05, 0) is 61.6 Å². The number of esters is 1. The molecule has 7 heteroatoms. The zero-order chi connectivity index (χ0) is 23.3. The van der Waals surface area contributed by atoms with E-state index in [0.717, 1.165) is 33.1 Å². The van der Waals surface area contributed by atoms with Crippen LogP contribution in [0.2, 0.25) is 0 Å². The minimum Gasteiger partial charge on any atom is -0.483 e. The van der Waals surface area contributed by atoms with Crippen LogP contribution >= 0.6 is 27.3 Å². The van der Waals surface area contributed by atoms with Crippen LogP contribution in [0.3, 0.4) is 0 Å². The number of thiophene rings is 1. The van der Waals surface area contributed by atoms with Crippen LogP contribution < -0.4 is 10.1 Å². The lowest BCUT2D eigenvalue weighted by molar-refractivity contribution is -0.118. The Kier molecular flexibility index (Phi) is 8.10. The first-order valence-electron chi connectivity index (χ1n) is 10.4. The minimum absolute atomic E-state index is 0.163. The zero-order valence-electron chi connectivity index (χ0n) is 18.6. The van der Waals surface area contributed by atoms with E-state index in [0.29, 0.717) is 16.3 Å². The van der Waals surface area contributed by atoms with Crippen LogP contribution in [0.25, 0.3) is 11.1 Å². The molecule has 1 heterocycles. The van der Waals surface area contributed by atoms with Gasteiger partial charge in [-0.25, -0.2) is 4.79 Å². The van der Waals surface area contributed by atoms with Gasteiger partial charge in [0.05, 0.1) is 6.61 Å². The van der Waals surface area contributed by atoms with E-state index in [1.807, 2.05) is 55.6 Å². The molecule has 1 amide bonds. The van der Waals surface area contributed by atoms with E-state index in [4.69, 9.17) is 9.47 Å². The number of benzene rings is 2. The number of hydrogen-bond donors (Lipinski definition) is 1. The average molecular weight is 516 g/mol. The fourth-order valence-electron chi connectivity index (χ4n) is 3.41. The molecule has 0 aliphatic heterocycles. The first-order chi connectivity index (χ1) is 15.3. The number of aryl methyl sites for hydroxylation is 3. The number of nitrogens with one attached hydrogen (secondary N) is 1. The molecule has 1 aromatic heterocycles. The number of anilines is 1. The fourth-order valence-corrected chi connectivity index (χ4v) is 5.07. The number of halogens is 1. The normalized spacial score (nSPS) is 10.7. The highest BCUT2D eigenvalue weighted by atomic mass is 79.9. The standard InChI is InChI=1S/C25H26BrNO4S/c1-5-17-7-9-18(10-8-17)20-14-32-24(22(20)25(29)30-6-2)27-21(28)13-31-23-15(3)11-19(26)12-16(23)4/h7-12,14H,5-6,13H2,1-4H3,(H,27,28). The van der Waals surface area contributed by atoms with Crippen molar-refractivity contribution >= 4 is 44.1 Å². The van der Waals surface area contributed by atoms with Gasteiger partial charge in [-0.15, -0.1) is 11.3 Å². The SMILES string of the molecule is CCOC(=O)c1c(-c2ccc(CC)cc2)csc1NC(=O)COc1c(C)cc(Br)cc1C. The third kappa shape index (κ3) is 5.58. The van der Waals surface area contributed by atoms with Gasteiger partial charge in [-0.2, -0.15) is 0 Å². The Balaban J connectivity index is 1.81. The molecule has 5 nitrogen and oxygen atoms in total. The first-order valence-corrected chi connectivity index (χ1v) is 12.1. The van der Waals surface area contributed by atoms with Crippen LogP contribution in [0.1, 0.15) is 40.9 Å². The van der Waals surface area contributed by atoms with Crippen LogP contribution in [0.4, 0.5) is 5.00 Å². The van der Waals surface area contributed by atoms with Crippen LogP contribution in [-0.2, 0) is 16.0 Å². The van der Waals surface area contributed by atoms with Crippen LogP contribution in [0, 0.1) is 13.8 Å². The zero-order valence-corrected chi connectivity index (χ0v) is 21.0. The number of ether oxygens (including phenoxy) is 2. The molecule has 0 spiro atoms. The predicted molar refractivity (Wildman–Crippen MR) is 133 cm³/mol. The molecule has 0 saturated heterocycles. The lowest BCUT2D eigenvalue weighted by Gasteiger charge is -2.13. The van der Waals surface area contributed by atoms with E-state index < -0.39 is 5.97 Å². The van der Waals surface area contributed by atoms with Crippen molar-refractivity contribution in [2.45, 2.75) is 34.1 Å². The van der Waals surface area contributed by atoms with Crippen molar-refractivity contribution in [3.63, 3.8) is 0 Å². The van der Waals surface area contributed by atoms with Gasteiger partial charge in [0.25, 0.3) is 5.91 Å². The third-order valence-electron chi connectivity index (χ3n) is 4.97. The van der Waals surface area contributed by atoms with Crippen molar-refractivity contribution in [3.8, 4) is 16.9 Å². The van der Waals surface area contributed by atoms with E-state index in [1.165, 1.54) is 16.9 Å². The van der Waals surface area contributed by atoms with Gasteiger partial charge in [0.1, 0.15) is 16.3 Å². The van der Waals surface area contributed by atoms with Crippen molar-refractivity contribution in [1.82, 2.24) is 0 Å². The number of carbonyl (C=O) groups is 2. The Morgan fingerprint density at radius 1 is 1.06 bits per heavy atom. The quantitative estimate of drug-likeness (QED) is 0.345. The summed E-state index contributed by atoms with van der Waals surface area (Å²) in [5.41, 5.74) is 5.10. The Morgan fingerprint density at radius 2 is 1.72 bits per heavy atom. The maximum absolute atomic E-state index is 12.7. The van der Waals surface area contributed by atoms with Crippen molar-refractivity contribution in [1.29, 1.82) is 0 Å². The molecule has 3 rings (SSSR count). The topological polar surface area (TPSA) is 64.6 Å². The maximum Gasteiger partial charge on any atom is 0.341 e. The monoisotopic (exact) mass is 515 g/mol. The van der Waals surface area contributed by atoms with Gasteiger partial charge in [0.15, 0.2) is 6.61 Å². The summed E-state index contributed by atoms with van der Waals surface area (Å²) < 4.78 is 12.0. The van der Waals surface area contributed by atoms with Gasteiger partial charge in [-0.3, -0.25) is 4.79 Å². The second-order valence-corrected chi connectivity index (χ2v) is 9.13. The van der Waals surface area contributed by atoms with Crippen LogP contribution in [-0.4, -0.2) is 25.1 Å². The van der Waals surface area contributed by atoms with Crippen molar-refractivity contribution < 1.29 is 19.1 Å². The van der Waals surface area contributed by atoms with Crippen molar-refractivity contribution in [2.24, 2.45) is 0 Å². The Hall–Kier alpha value is -2.64. The van der Waals surface area contributed by atoms with Gasteiger partial charge >= 0.3 is 5.97 Å². The Morgan fingerprint density at radius 3 is 2.31 bits per heavy atom. The fraction of sp³-hybridized carbons (Fsp3) is 0.280. The summed E-state index contributed by atoms with van der Waals surface area (Å²) >= 11 is 4.76. The van der Waals surface area contributed by atoms with E-state index >= 15 is 0 Å². The van der Waals surface area contributed by atoms with Crippen LogP contribution in [0.15, 0.2) is 46.3 Å². The molecule has 168 valence electrons. The molecule has 0 aliphatic carbocycles. The molecule has 0 bridgehead atoms. The smallest absolute Gasteiger partial charge is 0.341 e. The highest BCUT2D eigenvalue weighted by Gasteiger charge is 2.23. The summed E-state index contributed by atoms with van der Waals surface area (Å²) in [6, 6.07) is 11.9. The van der Waals surface area contributed by atoms with Gasteiger partial charge in [0.2, 0.25) is 0 Å². The molecule has 0 atom stereocenters. The molecular formula is C25H26BrNO4S. The third-order valence-corrected chi connectivity index (χ3v) is 6.32. The van der Waals surface area contributed by atoms with Crippen LogP contribution in [0.5, 0.6) is 5.75 Å². The largest absolute Gasteiger partial charge is 0.483 e. The molecule has 2 aromatic carbocycles. The molecule has 0 unspecified atom stereocenters. The summed E-state index contributed by atoms with van der Waals surface area (Å²) in [5, 5.41) is 5.15. The highest BCUT2D eigenvalue weighted by molar-refractivity contribution is 9.10. The molecule has 1 N–H and O–H groups in total. The summed E-state index contributed by atoms with van der Waals surface area (Å²) in [4.78, 5) is 25.4. The second kappa shape index (κ2) is 10.8. The number of amides is 1. The molecule has 0 aliphatic rings. The number of rotatable bonds is 8. The molecule has 3 aromatic rings. The lowest BCUT2D eigenvalue weighted by atomic mass is 10.0. The molecule has 0 radical (unpaired) electrons. The van der Waals surface area contributed by atoms with Gasteiger partial charge in [-0.1, -0.05) is 47.1 Å². The summed E-state index contributed by atoms with van der Waals surface area (Å²) in [6.07, 6.45) is 0.938. The van der Waals surface area contributed by atoms with Crippen molar-refractivity contribution in [3.05, 3.63) is 68.5 Å². The average Bonchev–Trinajstić information content (AvgIpc) is 3.16. The molecule has 32 heavy (non-hydrogen) atoms. The van der Waals surface area contributed by atoms with Gasteiger partial charge in [0, 0.05) is 15.4 Å². The van der Waals surface area contributed by atoms with E-state index in [9.17, 15) is 9.59 Å². The minimum atomic E-state index is -0.459. The summed E-state index contributed by atoms with van der Waals surface area (Å²) in [5.74, 6) is -0.122. The second-order valence-electron chi connectivity index (χ2n) is 7.33. The number of hydrogen-bond acceptors (Lipinski definition) is 5.